The summed E-state index contributed by atoms with van der Waals surface area (Å²) in [7, 11) is 1.77. The van der Waals surface area contributed by atoms with Crippen LogP contribution < -0.4 is 10.3 Å². The van der Waals surface area contributed by atoms with E-state index >= 15 is 0 Å². The van der Waals surface area contributed by atoms with Crippen LogP contribution in [0.4, 0.5) is 0 Å². The van der Waals surface area contributed by atoms with Crippen LogP contribution in [0, 0.1) is 27.7 Å². The lowest BCUT2D eigenvalue weighted by Gasteiger charge is -2.16. The molecule has 6 nitrogen and oxygen atoms in total. The van der Waals surface area contributed by atoms with Gasteiger partial charge in [-0.15, -0.1) is 0 Å². The fourth-order valence-electron chi connectivity index (χ4n) is 4.65. The molecule has 0 radical (unpaired) electrons. The van der Waals surface area contributed by atoms with E-state index in [2.05, 4.69) is 36.8 Å². The van der Waals surface area contributed by atoms with E-state index < -0.39 is 0 Å². The number of hydrogen-bond donors (Lipinski definition) is 1. The Hall–Kier alpha value is -2.89. The largest absolute Gasteiger partial charge is 0.496 e. The predicted octanol–water partition coefficient (Wildman–Crippen LogP) is 3.34. The zero-order valence-electron chi connectivity index (χ0n) is 17.8. The van der Waals surface area contributed by atoms with Crippen molar-refractivity contribution in [2.45, 2.75) is 59.9 Å². The number of nitrogens with zero attached hydrogens (tertiary/aromatic N) is 3. The lowest BCUT2D eigenvalue weighted by Crippen LogP contribution is -2.14. The van der Waals surface area contributed by atoms with E-state index in [1.807, 2.05) is 4.68 Å². The van der Waals surface area contributed by atoms with E-state index in [-0.39, 0.29) is 5.56 Å². The minimum absolute atomic E-state index is 0.126. The highest BCUT2D eigenvalue weighted by Gasteiger charge is 2.23. The molecule has 1 N–H and O–H groups in total. The van der Waals surface area contributed by atoms with Gasteiger partial charge in [-0.2, -0.15) is 5.10 Å². The first-order chi connectivity index (χ1) is 13.9. The standard InChI is InChI=1S/C23H28N4O2/c1-13-9-17(19-7-6-8-20(19)23(13)29-5)10-21-14(2)26-27(15(21)3)12-18-11-22(28)25-16(4)24-18/h9,11H,6-8,10,12H2,1-5H3,(H,24,25,28). The molecule has 0 amide bonds. The molecule has 29 heavy (non-hydrogen) atoms. The Kier molecular flexibility index (Phi) is 5.03. The second kappa shape index (κ2) is 7.50. The van der Waals surface area contributed by atoms with Crippen molar-refractivity contribution in [3.05, 3.63) is 73.2 Å². The summed E-state index contributed by atoms with van der Waals surface area (Å²) in [5.41, 5.74) is 9.43. The van der Waals surface area contributed by atoms with Crippen molar-refractivity contribution in [1.29, 1.82) is 0 Å². The van der Waals surface area contributed by atoms with Gasteiger partial charge in [0.15, 0.2) is 0 Å². The summed E-state index contributed by atoms with van der Waals surface area (Å²) in [6.45, 7) is 8.59. The van der Waals surface area contributed by atoms with Crippen LogP contribution in [0.15, 0.2) is 16.9 Å². The predicted molar refractivity (Wildman–Crippen MR) is 113 cm³/mol. The molecule has 0 aliphatic heterocycles. The summed E-state index contributed by atoms with van der Waals surface area (Å²) in [5.74, 6) is 1.68. The van der Waals surface area contributed by atoms with Gasteiger partial charge in [-0.25, -0.2) is 4.98 Å². The molecule has 3 aromatic rings. The van der Waals surface area contributed by atoms with Crippen LogP contribution in [-0.2, 0) is 25.8 Å². The van der Waals surface area contributed by atoms with Crippen molar-refractivity contribution in [3.8, 4) is 5.75 Å². The number of fused-ring (bicyclic) bond motifs is 1. The molecular weight excluding hydrogens is 364 g/mol. The van der Waals surface area contributed by atoms with E-state index in [0.29, 0.717) is 12.4 Å². The Bertz CT molecular complexity index is 1140. The van der Waals surface area contributed by atoms with Gasteiger partial charge in [-0.05, 0) is 69.2 Å². The third-order valence-corrected chi connectivity index (χ3v) is 5.96. The molecule has 0 bridgehead atoms. The van der Waals surface area contributed by atoms with Crippen molar-refractivity contribution in [3.63, 3.8) is 0 Å². The Labute approximate surface area is 171 Å². The normalized spacial score (nSPS) is 13.0. The van der Waals surface area contributed by atoms with Crippen molar-refractivity contribution >= 4 is 0 Å². The van der Waals surface area contributed by atoms with Crippen LogP contribution in [0.3, 0.4) is 0 Å². The number of methoxy groups -OCH3 is 1. The van der Waals surface area contributed by atoms with Crippen LogP contribution in [-0.4, -0.2) is 26.9 Å². The number of aryl methyl sites for hydroxylation is 3. The zero-order valence-corrected chi connectivity index (χ0v) is 17.8. The molecule has 152 valence electrons. The summed E-state index contributed by atoms with van der Waals surface area (Å²) in [6.07, 6.45) is 4.27. The van der Waals surface area contributed by atoms with Gasteiger partial charge in [0.2, 0.25) is 0 Å². The molecule has 1 aliphatic carbocycles. The first kappa shape index (κ1) is 19.4. The molecule has 4 rings (SSSR count). The van der Waals surface area contributed by atoms with Gasteiger partial charge in [0.25, 0.3) is 5.56 Å². The fourth-order valence-corrected chi connectivity index (χ4v) is 4.65. The number of ether oxygens (including phenoxy) is 1. The average molecular weight is 393 g/mol. The van der Waals surface area contributed by atoms with E-state index in [9.17, 15) is 4.79 Å². The molecule has 0 atom stereocenters. The van der Waals surface area contributed by atoms with Crippen molar-refractivity contribution in [1.82, 2.24) is 19.7 Å². The van der Waals surface area contributed by atoms with Crippen LogP contribution >= 0.6 is 0 Å². The Balaban J connectivity index is 1.68. The third-order valence-electron chi connectivity index (χ3n) is 5.96. The number of rotatable bonds is 5. The molecule has 1 aliphatic rings. The minimum Gasteiger partial charge on any atom is -0.496 e. The summed E-state index contributed by atoms with van der Waals surface area (Å²) in [5, 5.41) is 4.75. The molecule has 2 aromatic heterocycles. The maximum atomic E-state index is 11.8. The number of aromatic amines is 1. The van der Waals surface area contributed by atoms with E-state index in [0.717, 1.165) is 42.1 Å². The highest BCUT2D eigenvalue weighted by Crippen LogP contribution is 2.37. The van der Waals surface area contributed by atoms with E-state index in [4.69, 9.17) is 9.84 Å². The third kappa shape index (κ3) is 3.59. The van der Waals surface area contributed by atoms with Crippen molar-refractivity contribution in [2.75, 3.05) is 7.11 Å². The second-order valence-corrected chi connectivity index (χ2v) is 8.00. The van der Waals surface area contributed by atoms with Crippen molar-refractivity contribution < 1.29 is 4.74 Å². The molecule has 0 spiro atoms. The molecule has 0 unspecified atom stereocenters. The lowest BCUT2D eigenvalue weighted by molar-refractivity contribution is 0.407. The second-order valence-electron chi connectivity index (χ2n) is 8.00. The molecule has 0 fully saturated rings. The zero-order chi connectivity index (χ0) is 20.7. The van der Waals surface area contributed by atoms with Gasteiger partial charge in [0.1, 0.15) is 11.6 Å². The smallest absolute Gasteiger partial charge is 0.251 e. The maximum Gasteiger partial charge on any atom is 0.251 e. The minimum atomic E-state index is -0.126. The Morgan fingerprint density at radius 2 is 1.90 bits per heavy atom. The first-order valence-corrected chi connectivity index (χ1v) is 10.1. The first-order valence-electron chi connectivity index (χ1n) is 10.1. The van der Waals surface area contributed by atoms with Crippen LogP contribution in [0.25, 0.3) is 0 Å². The SMILES string of the molecule is COc1c(C)cc(Cc2c(C)nn(Cc3cc(=O)[nH]c(C)n3)c2C)c2c1CCC2. The molecule has 6 heteroatoms. The Morgan fingerprint density at radius 1 is 1.14 bits per heavy atom. The number of nitrogens with one attached hydrogen (secondary N) is 1. The molecule has 2 heterocycles. The Morgan fingerprint density at radius 3 is 2.62 bits per heavy atom. The molecule has 1 aromatic carbocycles. The van der Waals surface area contributed by atoms with Gasteiger partial charge in [-0.1, -0.05) is 6.07 Å². The summed E-state index contributed by atoms with van der Waals surface area (Å²) >= 11 is 0. The molecule has 0 saturated heterocycles. The van der Waals surface area contributed by atoms with E-state index in [1.54, 1.807) is 20.1 Å². The highest BCUT2D eigenvalue weighted by atomic mass is 16.5. The van der Waals surface area contributed by atoms with Crippen LogP contribution in [0.1, 0.15) is 57.1 Å². The summed E-state index contributed by atoms with van der Waals surface area (Å²) in [6, 6.07) is 3.82. The van der Waals surface area contributed by atoms with Gasteiger partial charge in [-0.3, -0.25) is 9.48 Å². The monoisotopic (exact) mass is 392 g/mol. The number of hydrogen-bond acceptors (Lipinski definition) is 4. The topological polar surface area (TPSA) is 72.8 Å². The van der Waals surface area contributed by atoms with Crippen LogP contribution in [0.5, 0.6) is 5.75 Å². The number of aromatic nitrogens is 4. The van der Waals surface area contributed by atoms with Gasteiger partial charge in [0, 0.05) is 23.7 Å². The lowest BCUT2D eigenvalue weighted by atomic mass is 9.93. The number of H-pyrrole nitrogens is 1. The van der Waals surface area contributed by atoms with Gasteiger partial charge >= 0.3 is 0 Å². The summed E-state index contributed by atoms with van der Waals surface area (Å²) in [4.78, 5) is 18.9. The van der Waals surface area contributed by atoms with E-state index in [1.165, 1.54) is 34.2 Å². The maximum absolute atomic E-state index is 11.8. The molecular formula is C23H28N4O2. The van der Waals surface area contributed by atoms with Gasteiger partial charge < -0.3 is 9.72 Å². The molecule has 0 saturated carbocycles. The van der Waals surface area contributed by atoms with Crippen LogP contribution in [0.2, 0.25) is 0 Å². The quantitative estimate of drug-likeness (QED) is 0.723. The fraction of sp³-hybridized carbons (Fsp3) is 0.435. The number of benzene rings is 1. The summed E-state index contributed by atoms with van der Waals surface area (Å²) < 4.78 is 7.64. The van der Waals surface area contributed by atoms with Gasteiger partial charge in [0.05, 0.1) is 25.0 Å². The van der Waals surface area contributed by atoms with Crippen molar-refractivity contribution in [2.24, 2.45) is 0 Å². The highest BCUT2D eigenvalue weighted by molar-refractivity contribution is 5.53. The average Bonchev–Trinajstić information content (AvgIpc) is 3.22.